The minimum atomic E-state index is -0.180. The molecule has 0 unspecified atom stereocenters. The lowest BCUT2D eigenvalue weighted by Crippen LogP contribution is -2.23. The van der Waals surface area contributed by atoms with Crippen molar-refractivity contribution in [2.24, 2.45) is 0 Å². The van der Waals surface area contributed by atoms with Crippen LogP contribution in [-0.4, -0.2) is 12.8 Å². The quantitative estimate of drug-likeness (QED) is 0.710. The van der Waals surface area contributed by atoms with Crippen LogP contribution in [0.5, 0.6) is 0 Å². The minimum absolute atomic E-state index is 0.0684. The molecule has 1 aliphatic rings. The van der Waals surface area contributed by atoms with Crippen molar-refractivity contribution < 1.29 is 4.79 Å². The number of ketones is 1. The van der Waals surface area contributed by atoms with E-state index in [0.717, 1.165) is 16.4 Å². The molecule has 0 radical (unpaired) electrons. The SMILES string of the molecule is CC(=O)C=C1N(C)c2ccc(Cl)cc2C1(C)C. The third kappa shape index (κ3) is 1.87. The zero-order valence-electron chi connectivity index (χ0n) is 10.5. The fraction of sp³-hybridized carbons (Fsp3) is 0.357. The van der Waals surface area contributed by atoms with E-state index in [1.165, 1.54) is 5.56 Å². The lowest BCUT2D eigenvalue weighted by Gasteiger charge is -2.23. The molecule has 0 saturated heterocycles. The summed E-state index contributed by atoms with van der Waals surface area (Å²) in [4.78, 5) is 13.4. The van der Waals surface area contributed by atoms with Crippen molar-refractivity contribution in [1.29, 1.82) is 0 Å². The van der Waals surface area contributed by atoms with Crippen LogP contribution < -0.4 is 4.90 Å². The van der Waals surface area contributed by atoms with Gasteiger partial charge in [-0.2, -0.15) is 0 Å². The second-order valence-corrected chi connectivity index (χ2v) is 5.42. The molecule has 0 spiro atoms. The molecule has 0 aromatic heterocycles. The van der Waals surface area contributed by atoms with E-state index in [2.05, 4.69) is 18.7 Å². The largest absolute Gasteiger partial charge is 0.347 e. The van der Waals surface area contributed by atoms with Crippen LogP contribution in [0.15, 0.2) is 30.0 Å². The van der Waals surface area contributed by atoms with Crippen molar-refractivity contribution in [2.45, 2.75) is 26.2 Å². The van der Waals surface area contributed by atoms with Crippen LogP contribution in [0.3, 0.4) is 0 Å². The number of benzene rings is 1. The molecule has 2 nitrogen and oxygen atoms in total. The first kappa shape index (κ1) is 12.2. The van der Waals surface area contributed by atoms with Gasteiger partial charge in [0, 0.05) is 34.9 Å². The van der Waals surface area contributed by atoms with Crippen LogP contribution in [-0.2, 0) is 10.2 Å². The van der Waals surface area contributed by atoms with Crippen molar-refractivity contribution in [3.63, 3.8) is 0 Å². The second-order valence-electron chi connectivity index (χ2n) is 4.99. The Morgan fingerprint density at radius 1 is 1.41 bits per heavy atom. The first-order valence-electron chi connectivity index (χ1n) is 5.60. The van der Waals surface area contributed by atoms with Gasteiger partial charge >= 0.3 is 0 Å². The lowest BCUT2D eigenvalue weighted by molar-refractivity contribution is -0.112. The third-order valence-electron chi connectivity index (χ3n) is 3.33. The zero-order chi connectivity index (χ0) is 12.8. The Labute approximate surface area is 107 Å². The molecule has 1 aliphatic heterocycles. The molecule has 0 amide bonds. The molecule has 2 rings (SSSR count). The molecular formula is C14H16ClNO. The molecule has 0 saturated carbocycles. The van der Waals surface area contributed by atoms with Crippen molar-refractivity contribution in [3.05, 3.63) is 40.6 Å². The fourth-order valence-corrected chi connectivity index (χ4v) is 2.63. The maximum atomic E-state index is 11.3. The van der Waals surface area contributed by atoms with E-state index < -0.39 is 0 Å². The van der Waals surface area contributed by atoms with Crippen molar-refractivity contribution in [1.82, 2.24) is 0 Å². The molecule has 3 heteroatoms. The molecule has 1 heterocycles. The van der Waals surface area contributed by atoms with Gasteiger partial charge in [-0.05, 0) is 30.7 Å². The Balaban J connectivity index is 2.64. The normalized spacial score (nSPS) is 19.6. The number of hydrogen-bond donors (Lipinski definition) is 0. The number of hydrogen-bond acceptors (Lipinski definition) is 2. The van der Waals surface area contributed by atoms with Gasteiger partial charge in [-0.25, -0.2) is 0 Å². The minimum Gasteiger partial charge on any atom is -0.347 e. The summed E-state index contributed by atoms with van der Waals surface area (Å²) < 4.78 is 0. The molecular weight excluding hydrogens is 234 g/mol. The molecule has 1 aromatic rings. The maximum Gasteiger partial charge on any atom is 0.154 e. The monoisotopic (exact) mass is 249 g/mol. The number of halogens is 1. The predicted molar refractivity (Wildman–Crippen MR) is 71.6 cm³/mol. The van der Waals surface area contributed by atoms with Crippen LogP contribution in [0.25, 0.3) is 0 Å². The molecule has 0 aliphatic carbocycles. The Morgan fingerprint density at radius 2 is 2.06 bits per heavy atom. The molecule has 0 atom stereocenters. The van der Waals surface area contributed by atoms with Gasteiger partial charge in [0.05, 0.1) is 0 Å². The number of fused-ring (bicyclic) bond motifs is 1. The summed E-state index contributed by atoms with van der Waals surface area (Å²) in [5, 5.41) is 0.731. The van der Waals surface area contributed by atoms with Crippen molar-refractivity contribution >= 4 is 23.1 Å². The van der Waals surface area contributed by atoms with E-state index in [0.29, 0.717) is 0 Å². The van der Waals surface area contributed by atoms with Crippen molar-refractivity contribution in [3.8, 4) is 0 Å². The van der Waals surface area contributed by atoms with Gasteiger partial charge in [-0.3, -0.25) is 4.79 Å². The number of anilines is 1. The summed E-state index contributed by atoms with van der Waals surface area (Å²) >= 11 is 6.05. The van der Waals surface area contributed by atoms with E-state index in [1.807, 2.05) is 25.2 Å². The Bertz CT molecular complexity index is 517. The Hall–Kier alpha value is -1.28. The number of rotatable bonds is 1. The van der Waals surface area contributed by atoms with Gasteiger partial charge in [0.1, 0.15) is 0 Å². The highest BCUT2D eigenvalue weighted by atomic mass is 35.5. The van der Waals surface area contributed by atoms with Gasteiger partial charge in [-0.15, -0.1) is 0 Å². The number of allylic oxidation sites excluding steroid dienone is 2. The van der Waals surface area contributed by atoms with Gasteiger partial charge in [0.2, 0.25) is 0 Å². The lowest BCUT2D eigenvalue weighted by atomic mass is 9.83. The number of carbonyl (C=O) groups excluding carboxylic acids is 1. The van der Waals surface area contributed by atoms with E-state index in [4.69, 9.17) is 11.6 Å². The molecule has 0 fully saturated rings. The highest BCUT2D eigenvalue weighted by Gasteiger charge is 2.38. The van der Waals surface area contributed by atoms with Crippen molar-refractivity contribution in [2.75, 3.05) is 11.9 Å². The molecule has 90 valence electrons. The number of nitrogens with zero attached hydrogens (tertiary/aromatic N) is 1. The summed E-state index contributed by atoms with van der Waals surface area (Å²) in [7, 11) is 1.98. The van der Waals surface area contributed by atoms with Crippen LogP contribution in [0.4, 0.5) is 5.69 Å². The van der Waals surface area contributed by atoms with Gasteiger partial charge in [0.25, 0.3) is 0 Å². The van der Waals surface area contributed by atoms with Crippen LogP contribution >= 0.6 is 11.6 Å². The molecule has 1 aromatic carbocycles. The number of carbonyl (C=O) groups is 1. The maximum absolute atomic E-state index is 11.3. The topological polar surface area (TPSA) is 20.3 Å². The summed E-state index contributed by atoms with van der Waals surface area (Å²) in [6.07, 6.45) is 1.70. The number of likely N-dealkylation sites (N-methyl/N-ethyl adjacent to an activating group) is 1. The van der Waals surface area contributed by atoms with E-state index in [9.17, 15) is 4.79 Å². The van der Waals surface area contributed by atoms with Gasteiger partial charge in [0.15, 0.2) is 5.78 Å². The fourth-order valence-electron chi connectivity index (χ4n) is 2.46. The standard InChI is InChI=1S/C14H16ClNO/c1-9(17)7-13-14(2,3)11-8-10(15)5-6-12(11)16(13)4/h5-8H,1-4H3. The highest BCUT2D eigenvalue weighted by Crippen LogP contribution is 2.47. The summed E-state index contributed by atoms with van der Waals surface area (Å²) in [5.41, 5.74) is 3.12. The second kappa shape index (κ2) is 3.88. The van der Waals surface area contributed by atoms with Crippen LogP contribution in [0.2, 0.25) is 5.02 Å². The highest BCUT2D eigenvalue weighted by molar-refractivity contribution is 6.30. The van der Waals surface area contributed by atoms with E-state index >= 15 is 0 Å². The Kier molecular flexibility index (Phi) is 2.78. The summed E-state index contributed by atoms with van der Waals surface area (Å²) in [6, 6.07) is 5.86. The van der Waals surface area contributed by atoms with Gasteiger partial charge in [-0.1, -0.05) is 25.4 Å². The van der Waals surface area contributed by atoms with Crippen LogP contribution in [0, 0.1) is 0 Å². The third-order valence-corrected chi connectivity index (χ3v) is 3.57. The predicted octanol–water partition coefficient (Wildman–Crippen LogP) is 3.54. The van der Waals surface area contributed by atoms with E-state index in [1.54, 1.807) is 13.0 Å². The smallest absolute Gasteiger partial charge is 0.154 e. The first-order valence-corrected chi connectivity index (χ1v) is 5.98. The Morgan fingerprint density at radius 3 is 2.65 bits per heavy atom. The van der Waals surface area contributed by atoms with Gasteiger partial charge < -0.3 is 4.90 Å². The molecule has 17 heavy (non-hydrogen) atoms. The first-order chi connectivity index (χ1) is 7.84. The summed E-state index contributed by atoms with van der Waals surface area (Å²) in [6.45, 7) is 5.80. The van der Waals surface area contributed by atoms with Crippen LogP contribution in [0.1, 0.15) is 26.3 Å². The average Bonchev–Trinajstić information content (AvgIpc) is 2.40. The zero-order valence-corrected chi connectivity index (χ0v) is 11.3. The molecule has 0 bridgehead atoms. The summed E-state index contributed by atoms with van der Waals surface area (Å²) in [5.74, 6) is 0.0684. The average molecular weight is 250 g/mol. The van der Waals surface area contributed by atoms with E-state index in [-0.39, 0.29) is 11.2 Å². The molecule has 0 N–H and O–H groups in total.